The lowest BCUT2D eigenvalue weighted by Gasteiger charge is -2.62. The van der Waals surface area contributed by atoms with Crippen LogP contribution in [0, 0.1) is 29.1 Å². The number of amides is 2. The third kappa shape index (κ3) is 8.48. The Bertz CT molecular complexity index is 2130. The number of anilines is 1. The Morgan fingerprint density at radius 1 is 1.05 bits per heavy atom. The first-order valence-electron chi connectivity index (χ1n) is 21.1. The molecule has 12 heteroatoms. The zero-order valence-electron chi connectivity index (χ0n) is 36.2. The third-order valence-corrected chi connectivity index (χ3v) is 13.8. The van der Waals surface area contributed by atoms with Crippen LogP contribution in [0.15, 0.2) is 66.9 Å². The SMILES string of the molecule is COc1c(CN2O[C@@H](CO)[C@@H]([C@H](C)O)[C@H]2C(=O)N[C@H]2C[C@H]3C[C@H]([C@@H]2C)C3(C)C)cccc1-c1cc(C(=O)N[C@@H](Cc2c[nH]c3ccccc23)CN(C)C)cc(N(C)C)c1. The fraction of sp³-hybridized carbons (Fsp3) is 0.532. The summed E-state index contributed by atoms with van der Waals surface area (Å²) < 4.78 is 6.13. The molecule has 2 heterocycles. The van der Waals surface area contributed by atoms with Crippen molar-refractivity contribution in [3.63, 3.8) is 0 Å². The molecule has 3 saturated carbocycles. The number of hydrogen-bond acceptors (Lipinski definition) is 9. The predicted octanol–water partition coefficient (Wildman–Crippen LogP) is 5.47. The van der Waals surface area contributed by atoms with Crippen LogP contribution in [0.2, 0.25) is 0 Å². The van der Waals surface area contributed by atoms with E-state index in [0.29, 0.717) is 42.0 Å². The van der Waals surface area contributed by atoms with E-state index in [1.165, 1.54) is 6.42 Å². The molecular weight excluding hydrogens is 745 g/mol. The average Bonchev–Trinajstić information content (AvgIpc) is 3.79. The number of hydroxylamine groups is 2. The first kappa shape index (κ1) is 42.7. The van der Waals surface area contributed by atoms with E-state index in [-0.39, 0.29) is 42.5 Å². The van der Waals surface area contributed by atoms with E-state index >= 15 is 0 Å². The number of aromatic nitrogens is 1. The predicted molar refractivity (Wildman–Crippen MR) is 232 cm³/mol. The van der Waals surface area contributed by atoms with Crippen LogP contribution in [0.5, 0.6) is 5.75 Å². The number of carbonyl (C=O) groups excluding carboxylic acids is 2. The average molecular weight is 809 g/mol. The molecule has 4 fully saturated rings. The Morgan fingerprint density at radius 3 is 2.47 bits per heavy atom. The second-order valence-electron chi connectivity index (χ2n) is 18.4. The topological polar surface area (TPSA) is 143 Å². The minimum absolute atomic E-state index is 0.0314. The van der Waals surface area contributed by atoms with Gasteiger partial charge in [-0.2, -0.15) is 5.06 Å². The lowest BCUT2D eigenvalue weighted by molar-refractivity contribution is -0.183. The van der Waals surface area contributed by atoms with Crippen LogP contribution in [-0.2, 0) is 22.6 Å². The van der Waals surface area contributed by atoms with Crippen molar-refractivity contribution in [1.29, 1.82) is 0 Å². The van der Waals surface area contributed by atoms with Crippen LogP contribution in [0.3, 0.4) is 0 Å². The number of methoxy groups -OCH3 is 1. The maximum Gasteiger partial charge on any atom is 0.251 e. The molecule has 4 aliphatic rings. The molecule has 59 heavy (non-hydrogen) atoms. The monoisotopic (exact) mass is 808 g/mol. The van der Waals surface area contributed by atoms with E-state index in [1.54, 1.807) is 19.1 Å². The molecule has 1 saturated heterocycles. The molecule has 5 N–H and O–H groups in total. The van der Waals surface area contributed by atoms with Crippen molar-refractivity contribution in [3.05, 3.63) is 83.6 Å². The molecular formula is C47H64N6O6. The maximum atomic E-state index is 14.3. The molecule has 9 atom stereocenters. The van der Waals surface area contributed by atoms with Gasteiger partial charge in [0.25, 0.3) is 5.91 Å². The van der Waals surface area contributed by atoms with Crippen LogP contribution in [0.25, 0.3) is 22.0 Å². The van der Waals surface area contributed by atoms with Crippen molar-refractivity contribution in [2.24, 2.45) is 29.1 Å². The van der Waals surface area contributed by atoms with Gasteiger partial charge in [-0.3, -0.25) is 14.4 Å². The molecule has 2 bridgehead atoms. The van der Waals surface area contributed by atoms with E-state index in [0.717, 1.165) is 45.3 Å². The molecule has 318 valence electrons. The standard InChI is InChI=1S/C47H64N6O6/c1-27-38-21-33(47(38,3)4)22-40(27)50-46(57)43-42(28(2)55)41(26-54)59-53(43)24-29-13-12-15-37(44(29)58-9)30-17-31(20-35(19-30)52(7)8)45(56)49-34(25-51(5)6)18-32-23-48-39-16-11-10-14-36(32)39/h10-17,19-20,23,27-28,33-34,38,40-43,48,54-55H,18,21-22,24-26H2,1-9H3,(H,49,56)(H,50,57)/t27-,28-,33+,34-,38+,40-,41-,42+,43-/m0/s1. The van der Waals surface area contributed by atoms with Gasteiger partial charge in [-0.15, -0.1) is 0 Å². The summed E-state index contributed by atoms with van der Waals surface area (Å²) in [7, 11) is 9.53. The highest BCUT2D eigenvalue weighted by Crippen LogP contribution is 2.61. The molecule has 2 amide bonds. The lowest BCUT2D eigenvalue weighted by atomic mass is 9.45. The fourth-order valence-corrected chi connectivity index (χ4v) is 10.4. The van der Waals surface area contributed by atoms with E-state index in [4.69, 9.17) is 9.57 Å². The molecule has 1 aliphatic heterocycles. The van der Waals surface area contributed by atoms with E-state index < -0.39 is 24.2 Å². The van der Waals surface area contributed by atoms with Crippen molar-refractivity contribution in [2.45, 2.75) is 83.8 Å². The number of para-hydroxylation sites is 2. The van der Waals surface area contributed by atoms with Gasteiger partial charge >= 0.3 is 0 Å². The summed E-state index contributed by atoms with van der Waals surface area (Å²) >= 11 is 0. The second-order valence-corrected chi connectivity index (χ2v) is 18.4. The van der Waals surface area contributed by atoms with Crippen LogP contribution in [-0.4, -0.2) is 116 Å². The molecule has 0 unspecified atom stereocenters. The zero-order valence-corrected chi connectivity index (χ0v) is 36.2. The summed E-state index contributed by atoms with van der Waals surface area (Å²) in [5.41, 5.74) is 6.18. The zero-order chi connectivity index (χ0) is 42.3. The molecule has 0 spiro atoms. The number of nitrogens with zero attached hydrogens (tertiary/aromatic N) is 3. The number of fused-ring (bicyclic) bond motifs is 3. The smallest absolute Gasteiger partial charge is 0.251 e. The van der Waals surface area contributed by atoms with Crippen molar-refractivity contribution in [1.82, 2.24) is 25.6 Å². The van der Waals surface area contributed by atoms with E-state index in [9.17, 15) is 19.8 Å². The quantitative estimate of drug-likeness (QED) is 0.106. The Kier molecular flexibility index (Phi) is 12.5. The van der Waals surface area contributed by atoms with E-state index in [1.807, 2.05) is 87.8 Å². The summed E-state index contributed by atoms with van der Waals surface area (Å²) in [5.74, 6) is 0.990. The minimum Gasteiger partial charge on any atom is -0.496 e. The summed E-state index contributed by atoms with van der Waals surface area (Å²) in [6.07, 6.45) is 3.14. The van der Waals surface area contributed by atoms with Gasteiger partial charge in [0.05, 0.1) is 26.4 Å². The van der Waals surface area contributed by atoms with Crippen molar-refractivity contribution in [2.75, 3.05) is 53.4 Å². The van der Waals surface area contributed by atoms with E-state index in [2.05, 4.69) is 53.4 Å². The first-order chi connectivity index (χ1) is 28.1. The molecule has 12 nitrogen and oxygen atoms in total. The number of nitrogens with one attached hydrogen (secondary N) is 3. The Morgan fingerprint density at radius 2 is 1.81 bits per heavy atom. The van der Waals surface area contributed by atoms with Gasteiger partial charge in [0.1, 0.15) is 17.9 Å². The van der Waals surface area contributed by atoms with Crippen LogP contribution in [0.4, 0.5) is 5.69 Å². The number of aromatic amines is 1. The third-order valence-electron chi connectivity index (χ3n) is 13.8. The van der Waals surface area contributed by atoms with Gasteiger partial charge in [0.15, 0.2) is 0 Å². The lowest BCUT2D eigenvalue weighted by Crippen LogP contribution is -2.62. The van der Waals surface area contributed by atoms with Gasteiger partial charge in [-0.25, -0.2) is 0 Å². The Labute approximate surface area is 349 Å². The number of carbonyl (C=O) groups is 2. The number of aliphatic hydroxyl groups excluding tert-OH is 2. The van der Waals surface area contributed by atoms with Gasteiger partial charge in [0.2, 0.25) is 5.91 Å². The van der Waals surface area contributed by atoms with Gasteiger partial charge in [0, 0.05) is 78.1 Å². The highest BCUT2D eigenvalue weighted by molar-refractivity contribution is 5.97. The summed E-state index contributed by atoms with van der Waals surface area (Å²) in [5, 5.41) is 30.9. The number of H-pyrrole nitrogens is 1. The molecule has 1 aromatic heterocycles. The largest absolute Gasteiger partial charge is 0.496 e. The van der Waals surface area contributed by atoms with Gasteiger partial charge < -0.3 is 40.4 Å². The molecule has 4 aromatic rings. The molecule has 3 aromatic carbocycles. The fourth-order valence-electron chi connectivity index (χ4n) is 10.4. The van der Waals surface area contributed by atoms with Crippen molar-refractivity contribution < 1.29 is 29.4 Å². The molecule has 0 radical (unpaired) electrons. The second kappa shape index (κ2) is 17.3. The first-order valence-corrected chi connectivity index (χ1v) is 21.1. The molecule has 8 rings (SSSR count). The highest BCUT2D eigenvalue weighted by atomic mass is 16.7. The minimum atomic E-state index is -0.907. The van der Waals surface area contributed by atoms with Crippen LogP contribution in [0.1, 0.15) is 62.0 Å². The summed E-state index contributed by atoms with van der Waals surface area (Å²) in [6.45, 7) is 9.04. The number of likely N-dealkylation sites (N-methyl/N-ethyl adjacent to an activating group) is 1. The summed E-state index contributed by atoms with van der Waals surface area (Å²) in [4.78, 5) is 42.3. The summed E-state index contributed by atoms with van der Waals surface area (Å²) in [6, 6.07) is 18.9. The maximum absolute atomic E-state index is 14.3. The number of aliphatic hydroxyl groups is 2. The Hall–Kier alpha value is -4.46. The van der Waals surface area contributed by atoms with Gasteiger partial charge in [-0.05, 0) is 98.8 Å². The van der Waals surface area contributed by atoms with Gasteiger partial charge in [-0.1, -0.05) is 57.2 Å². The van der Waals surface area contributed by atoms with Crippen molar-refractivity contribution in [3.8, 4) is 16.9 Å². The normalized spacial score (nSPS) is 26.0. The number of ether oxygens (including phenoxy) is 1. The number of rotatable bonds is 15. The van der Waals surface area contributed by atoms with Crippen molar-refractivity contribution >= 4 is 28.4 Å². The van der Waals surface area contributed by atoms with Crippen LogP contribution < -0.4 is 20.3 Å². The van der Waals surface area contributed by atoms with Crippen LogP contribution >= 0.6 is 0 Å². The highest BCUT2D eigenvalue weighted by Gasteiger charge is 2.57. The number of hydrogen-bond donors (Lipinski definition) is 5. The number of benzene rings is 3. The molecule has 3 aliphatic carbocycles. The Balaban J connectivity index is 1.16.